The van der Waals surface area contributed by atoms with Crippen LogP contribution in [-0.2, 0) is 6.37 Å². The Morgan fingerprint density at radius 2 is 1.32 bits per heavy atom. The molecule has 4 rings (SSSR count). The lowest BCUT2D eigenvalue weighted by molar-refractivity contribution is 0.412. The first kappa shape index (κ1) is 21.4. The fourth-order valence-corrected chi connectivity index (χ4v) is 5.52. The van der Waals surface area contributed by atoms with Gasteiger partial charge in [0.25, 0.3) is 0 Å². The van der Waals surface area contributed by atoms with Crippen LogP contribution in [-0.4, -0.2) is 13.1 Å². The van der Waals surface area contributed by atoms with Crippen molar-refractivity contribution in [1.29, 1.82) is 0 Å². The van der Waals surface area contributed by atoms with Crippen molar-refractivity contribution in [2.45, 2.75) is 46.8 Å². The standard InChI is InChI=1S/C31H36N2Si/c1-31(2,3)22-25-21-29(32-23-30(25)34(4,5)6)24-14-13-19-28(20-24)33(26-15-9-7-10-16-26)27-17-11-8-12-18-27/h7-21,23H,22H2,1-6H3/i22D2. The third-order valence-electron chi connectivity index (χ3n) is 5.65. The molecule has 0 saturated heterocycles. The Morgan fingerprint density at radius 3 is 1.85 bits per heavy atom. The smallest absolute Gasteiger partial charge is 0.0799 e. The topological polar surface area (TPSA) is 16.1 Å². The van der Waals surface area contributed by atoms with Gasteiger partial charge in [-0.05, 0) is 65.0 Å². The summed E-state index contributed by atoms with van der Waals surface area (Å²) in [6, 6.07) is 31.0. The fourth-order valence-electron chi connectivity index (χ4n) is 4.12. The molecule has 1 heterocycles. The quantitative estimate of drug-likeness (QED) is 0.265. The van der Waals surface area contributed by atoms with Gasteiger partial charge in [-0.15, -0.1) is 0 Å². The van der Waals surface area contributed by atoms with Gasteiger partial charge in [-0.3, -0.25) is 4.98 Å². The predicted octanol–water partition coefficient (Wildman–Crippen LogP) is 8.35. The Balaban J connectivity index is 1.87. The molecule has 2 nitrogen and oxygen atoms in total. The Hall–Kier alpha value is -3.17. The van der Waals surface area contributed by atoms with E-state index in [4.69, 9.17) is 7.73 Å². The molecule has 0 aliphatic rings. The second-order valence-electron chi connectivity index (χ2n) is 10.8. The fraction of sp³-hybridized carbons (Fsp3) is 0.258. The van der Waals surface area contributed by atoms with Crippen molar-refractivity contribution in [1.82, 2.24) is 4.98 Å². The van der Waals surface area contributed by atoms with E-state index in [9.17, 15) is 0 Å². The van der Waals surface area contributed by atoms with Crippen LogP contribution in [0.2, 0.25) is 19.6 Å². The molecule has 174 valence electrons. The number of hydrogen-bond donors (Lipinski definition) is 0. The maximum Gasteiger partial charge on any atom is 0.0799 e. The number of aromatic nitrogens is 1. The van der Waals surface area contributed by atoms with E-state index in [-0.39, 0.29) is 0 Å². The average molecular weight is 467 g/mol. The van der Waals surface area contributed by atoms with Crippen molar-refractivity contribution in [3.8, 4) is 11.3 Å². The molecule has 0 fully saturated rings. The van der Waals surface area contributed by atoms with E-state index in [1.165, 1.54) is 0 Å². The molecule has 0 amide bonds. The SMILES string of the molecule is [2H]C([2H])(c1cc(-c2cccc(N(c3ccccc3)c3ccccc3)c2)ncc1[Si](C)(C)C)C(C)(C)C. The molecule has 0 N–H and O–H groups in total. The van der Waals surface area contributed by atoms with Gasteiger partial charge in [0, 0.05) is 31.6 Å². The Bertz CT molecular complexity index is 1280. The number of rotatable bonds is 6. The van der Waals surface area contributed by atoms with E-state index >= 15 is 0 Å². The number of para-hydroxylation sites is 2. The maximum atomic E-state index is 9.09. The molecular formula is C31H36N2Si. The highest BCUT2D eigenvalue weighted by Crippen LogP contribution is 2.36. The van der Waals surface area contributed by atoms with Crippen LogP contribution < -0.4 is 10.1 Å². The van der Waals surface area contributed by atoms with Gasteiger partial charge in [-0.2, -0.15) is 0 Å². The van der Waals surface area contributed by atoms with Crippen LogP contribution in [0.4, 0.5) is 17.1 Å². The molecule has 0 atom stereocenters. The summed E-state index contributed by atoms with van der Waals surface area (Å²) in [7, 11) is -1.82. The van der Waals surface area contributed by atoms with Crippen molar-refractivity contribution >= 4 is 30.3 Å². The predicted molar refractivity (Wildman–Crippen MR) is 150 cm³/mol. The van der Waals surface area contributed by atoms with Gasteiger partial charge < -0.3 is 4.90 Å². The van der Waals surface area contributed by atoms with Crippen molar-refractivity contribution in [3.05, 3.63) is 103 Å². The molecule has 0 bridgehead atoms. The van der Waals surface area contributed by atoms with E-state index in [0.29, 0.717) is 0 Å². The summed E-state index contributed by atoms with van der Waals surface area (Å²) in [6.45, 7) is 12.7. The first-order valence-corrected chi connectivity index (χ1v) is 15.4. The number of nitrogens with zero attached hydrogens (tertiary/aromatic N) is 2. The van der Waals surface area contributed by atoms with Gasteiger partial charge in [0.1, 0.15) is 0 Å². The summed E-state index contributed by atoms with van der Waals surface area (Å²) in [4.78, 5) is 7.10. The van der Waals surface area contributed by atoms with Gasteiger partial charge in [-0.25, -0.2) is 0 Å². The zero-order chi connectivity index (χ0) is 26.1. The zero-order valence-corrected chi connectivity index (χ0v) is 22.1. The Kier molecular flexibility index (Phi) is 6.03. The third kappa shape index (κ3) is 5.66. The summed E-state index contributed by atoms with van der Waals surface area (Å²) in [5.74, 6) is 0. The minimum absolute atomic E-state index is 0.542. The van der Waals surface area contributed by atoms with Gasteiger partial charge in [0.05, 0.1) is 13.8 Å². The van der Waals surface area contributed by atoms with Gasteiger partial charge in [-0.1, -0.05) is 88.9 Å². The summed E-state index contributed by atoms with van der Waals surface area (Å²) in [5.41, 5.74) is 5.17. The van der Waals surface area contributed by atoms with Crippen molar-refractivity contribution < 1.29 is 2.74 Å². The monoisotopic (exact) mass is 466 g/mol. The highest BCUT2D eigenvalue weighted by atomic mass is 28.3. The Morgan fingerprint density at radius 1 is 0.765 bits per heavy atom. The van der Waals surface area contributed by atoms with Gasteiger partial charge in [0.2, 0.25) is 0 Å². The highest BCUT2D eigenvalue weighted by molar-refractivity contribution is 6.89. The van der Waals surface area contributed by atoms with Gasteiger partial charge in [0.15, 0.2) is 0 Å². The highest BCUT2D eigenvalue weighted by Gasteiger charge is 2.24. The number of benzene rings is 3. The first-order chi connectivity index (χ1) is 16.9. The van der Waals surface area contributed by atoms with Crippen molar-refractivity contribution in [3.63, 3.8) is 0 Å². The molecule has 0 aliphatic carbocycles. The minimum atomic E-state index is -1.82. The van der Waals surface area contributed by atoms with Gasteiger partial charge >= 0.3 is 0 Å². The first-order valence-electron chi connectivity index (χ1n) is 12.9. The van der Waals surface area contributed by atoms with E-state index in [2.05, 4.69) is 73.1 Å². The van der Waals surface area contributed by atoms with E-state index in [1.807, 2.05) is 69.4 Å². The molecule has 0 saturated carbocycles. The third-order valence-corrected chi connectivity index (χ3v) is 7.67. The van der Waals surface area contributed by atoms with Crippen LogP contribution in [0.25, 0.3) is 11.3 Å². The number of pyridine rings is 1. The lowest BCUT2D eigenvalue weighted by Gasteiger charge is -2.27. The maximum absolute atomic E-state index is 9.09. The molecule has 0 radical (unpaired) electrons. The van der Waals surface area contributed by atoms with E-state index in [0.717, 1.165) is 39.1 Å². The van der Waals surface area contributed by atoms with Crippen LogP contribution in [0.15, 0.2) is 97.2 Å². The largest absolute Gasteiger partial charge is 0.310 e. The second-order valence-corrected chi connectivity index (χ2v) is 15.8. The van der Waals surface area contributed by atoms with E-state index < -0.39 is 19.9 Å². The average Bonchev–Trinajstić information content (AvgIpc) is 2.84. The van der Waals surface area contributed by atoms with Crippen molar-refractivity contribution in [2.75, 3.05) is 4.90 Å². The molecule has 0 unspecified atom stereocenters. The van der Waals surface area contributed by atoms with Crippen LogP contribution >= 0.6 is 0 Å². The van der Waals surface area contributed by atoms with Crippen LogP contribution in [0.1, 0.15) is 29.1 Å². The van der Waals surface area contributed by atoms with Crippen LogP contribution in [0, 0.1) is 5.41 Å². The Labute approximate surface area is 209 Å². The van der Waals surface area contributed by atoms with E-state index in [1.54, 1.807) is 0 Å². The molecule has 3 aromatic carbocycles. The molecule has 3 heteroatoms. The van der Waals surface area contributed by atoms with Crippen molar-refractivity contribution in [2.24, 2.45) is 5.41 Å². The molecule has 34 heavy (non-hydrogen) atoms. The van der Waals surface area contributed by atoms with Crippen LogP contribution in [0.3, 0.4) is 0 Å². The normalized spacial score (nSPS) is 13.2. The molecular weight excluding hydrogens is 428 g/mol. The summed E-state index contributed by atoms with van der Waals surface area (Å²) < 4.78 is 18.2. The lowest BCUT2D eigenvalue weighted by Crippen LogP contribution is -2.41. The number of anilines is 3. The lowest BCUT2D eigenvalue weighted by atomic mass is 9.88. The molecule has 1 aromatic heterocycles. The second kappa shape index (κ2) is 9.59. The molecule has 0 aliphatic heterocycles. The molecule has 4 aromatic rings. The summed E-state index contributed by atoms with van der Waals surface area (Å²) >= 11 is 0. The zero-order valence-electron chi connectivity index (χ0n) is 23.1. The van der Waals surface area contributed by atoms with Crippen LogP contribution in [0.5, 0.6) is 0 Å². The number of hydrogen-bond acceptors (Lipinski definition) is 2. The summed E-state index contributed by atoms with van der Waals surface area (Å²) in [5, 5.41) is 1.08. The molecule has 0 spiro atoms. The summed E-state index contributed by atoms with van der Waals surface area (Å²) in [6.07, 6.45) is 0.442. The minimum Gasteiger partial charge on any atom is -0.310 e.